The maximum absolute atomic E-state index is 12.7. The quantitative estimate of drug-likeness (QED) is 0.811. The van der Waals surface area contributed by atoms with Crippen molar-refractivity contribution in [2.75, 3.05) is 0 Å². The van der Waals surface area contributed by atoms with Gasteiger partial charge < -0.3 is 0 Å². The lowest BCUT2D eigenvalue weighted by atomic mass is 9.93. The number of halogens is 1. The van der Waals surface area contributed by atoms with Crippen LogP contribution in [0.1, 0.15) is 66.1 Å². The van der Waals surface area contributed by atoms with E-state index in [1.54, 1.807) is 17.2 Å². The average Bonchev–Trinajstić information content (AvgIpc) is 2.95. The zero-order chi connectivity index (χ0) is 17.1. The minimum absolute atomic E-state index is 0.0624. The number of alkyl halides is 1. The molecule has 1 atom stereocenters. The van der Waals surface area contributed by atoms with Gasteiger partial charge in [-0.15, -0.1) is 4.80 Å². The van der Waals surface area contributed by atoms with Crippen molar-refractivity contribution in [3.05, 3.63) is 23.8 Å². The Morgan fingerprint density at radius 1 is 0.909 bits per heavy atom. The topological polar surface area (TPSA) is 61.4 Å². The van der Waals surface area contributed by atoms with Crippen molar-refractivity contribution in [3.8, 4) is 0 Å². The van der Waals surface area contributed by atoms with E-state index in [-0.39, 0.29) is 10.8 Å². The van der Waals surface area contributed by atoms with E-state index in [9.17, 15) is 4.39 Å². The zero-order valence-electron chi connectivity index (χ0n) is 14.8. The summed E-state index contributed by atoms with van der Waals surface area (Å²) in [5.41, 5.74) is 1.91. The third-order valence-corrected chi connectivity index (χ3v) is 2.96. The molecule has 22 heavy (non-hydrogen) atoms. The third-order valence-electron chi connectivity index (χ3n) is 2.96. The van der Waals surface area contributed by atoms with E-state index < -0.39 is 6.30 Å². The summed E-state index contributed by atoms with van der Waals surface area (Å²) >= 11 is 0. The van der Waals surface area contributed by atoms with Crippen molar-refractivity contribution in [1.29, 1.82) is 0 Å². The first-order chi connectivity index (χ1) is 9.91. The van der Waals surface area contributed by atoms with E-state index in [1.165, 1.54) is 6.92 Å². The molecule has 0 aliphatic rings. The summed E-state index contributed by atoms with van der Waals surface area (Å²) in [7, 11) is 1.83. The predicted molar refractivity (Wildman–Crippen MR) is 84.2 cm³/mol. The summed E-state index contributed by atoms with van der Waals surface area (Å²) in [4.78, 5) is 2.67. The highest BCUT2D eigenvalue weighted by Crippen LogP contribution is 2.19. The van der Waals surface area contributed by atoms with Crippen LogP contribution in [0, 0.1) is 0 Å². The van der Waals surface area contributed by atoms with Crippen molar-refractivity contribution in [2.24, 2.45) is 7.05 Å². The summed E-state index contributed by atoms with van der Waals surface area (Å²) in [5, 5.41) is 16.0. The van der Waals surface area contributed by atoms with E-state index in [0.717, 1.165) is 16.2 Å². The first-order valence-electron chi connectivity index (χ1n) is 7.34. The maximum atomic E-state index is 12.7. The number of hydrogen-bond acceptors (Lipinski definition) is 4. The number of aryl methyl sites for hydroxylation is 1. The van der Waals surface area contributed by atoms with Crippen molar-refractivity contribution < 1.29 is 4.39 Å². The molecule has 124 valence electrons. The maximum Gasteiger partial charge on any atom is 0.207 e. The molecule has 2 aromatic rings. The van der Waals surface area contributed by atoms with Crippen molar-refractivity contribution in [3.63, 3.8) is 0 Å². The Bertz CT molecular complexity index is 586. The molecule has 0 N–H and O–H groups in total. The molecule has 0 saturated carbocycles. The van der Waals surface area contributed by atoms with Crippen LogP contribution in [0.4, 0.5) is 4.39 Å². The zero-order valence-corrected chi connectivity index (χ0v) is 14.8. The van der Waals surface area contributed by atoms with Crippen LogP contribution in [-0.4, -0.2) is 30.0 Å². The average molecular weight is 310 g/mol. The Labute approximate surface area is 131 Å². The number of rotatable bonds is 1. The molecular formula is C15H27FN6. The standard InChI is InChI=1S/C8H14FN3.C7H13N3/c1-6(9)12-10-5-7(11-12)8(2,3)4;1-7(2,3)6-5-8-10(4)9-6/h5-6H,1-4H3;5H,1-4H3. The molecule has 0 radical (unpaired) electrons. The van der Waals surface area contributed by atoms with Gasteiger partial charge in [-0.05, 0) is 6.92 Å². The number of hydrogen-bond donors (Lipinski definition) is 0. The van der Waals surface area contributed by atoms with E-state index in [4.69, 9.17) is 0 Å². The molecule has 2 heterocycles. The summed E-state index contributed by atoms with van der Waals surface area (Å²) in [6.07, 6.45) is 2.26. The van der Waals surface area contributed by atoms with E-state index in [2.05, 4.69) is 41.2 Å². The lowest BCUT2D eigenvalue weighted by Crippen LogP contribution is -2.13. The fraction of sp³-hybridized carbons (Fsp3) is 0.733. The fourth-order valence-electron chi connectivity index (χ4n) is 1.48. The summed E-state index contributed by atoms with van der Waals surface area (Å²) in [5.74, 6) is 0. The van der Waals surface area contributed by atoms with Crippen LogP contribution < -0.4 is 0 Å². The largest absolute Gasteiger partial charge is 0.220 e. The molecular weight excluding hydrogens is 283 g/mol. The number of nitrogens with zero attached hydrogens (tertiary/aromatic N) is 6. The van der Waals surface area contributed by atoms with E-state index in [1.807, 2.05) is 27.8 Å². The van der Waals surface area contributed by atoms with Gasteiger partial charge in [-0.3, -0.25) is 0 Å². The van der Waals surface area contributed by atoms with Gasteiger partial charge in [0, 0.05) is 17.9 Å². The SMILES string of the molecule is CC(F)n1ncc(C(C)(C)C)n1.Cn1ncc(C(C)(C)C)n1. The Kier molecular flexibility index (Phi) is 5.43. The molecule has 0 aliphatic heterocycles. The highest BCUT2D eigenvalue weighted by molar-refractivity contribution is 5.06. The fourth-order valence-corrected chi connectivity index (χ4v) is 1.48. The van der Waals surface area contributed by atoms with Gasteiger partial charge in [0.25, 0.3) is 0 Å². The normalized spacial score (nSPS) is 13.5. The lowest BCUT2D eigenvalue weighted by molar-refractivity contribution is 0.218. The molecule has 0 aliphatic carbocycles. The highest BCUT2D eigenvalue weighted by atomic mass is 19.1. The van der Waals surface area contributed by atoms with Gasteiger partial charge in [-0.2, -0.15) is 25.2 Å². The van der Waals surface area contributed by atoms with Crippen LogP contribution in [0.3, 0.4) is 0 Å². The predicted octanol–water partition coefficient (Wildman–Crippen LogP) is 3.18. The molecule has 7 heteroatoms. The van der Waals surface area contributed by atoms with Gasteiger partial charge in [0.1, 0.15) is 0 Å². The lowest BCUT2D eigenvalue weighted by Gasteiger charge is -2.13. The Morgan fingerprint density at radius 2 is 1.36 bits per heavy atom. The van der Waals surface area contributed by atoms with Crippen LogP contribution in [0.15, 0.2) is 12.4 Å². The monoisotopic (exact) mass is 310 g/mol. The van der Waals surface area contributed by atoms with E-state index in [0.29, 0.717) is 0 Å². The van der Waals surface area contributed by atoms with Crippen LogP contribution in [0.25, 0.3) is 0 Å². The van der Waals surface area contributed by atoms with Gasteiger partial charge in [0.2, 0.25) is 6.30 Å². The van der Waals surface area contributed by atoms with Gasteiger partial charge in [-0.1, -0.05) is 41.5 Å². The Morgan fingerprint density at radius 3 is 1.59 bits per heavy atom. The second-order valence-electron chi connectivity index (χ2n) is 7.34. The van der Waals surface area contributed by atoms with Crippen LogP contribution in [0.5, 0.6) is 0 Å². The van der Waals surface area contributed by atoms with Gasteiger partial charge in [-0.25, -0.2) is 4.39 Å². The molecule has 2 aromatic heterocycles. The second kappa shape index (κ2) is 6.54. The minimum atomic E-state index is -1.15. The second-order valence-corrected chi connectivity index (χ2v) is 7.34. The molecule has 0 amide bonds. The Hall–Kier alpha value is -1.79. The molecule has 2 rings (SSSR count). The molecule has 1 unspecified atom stereocenters. The smallest absolute Gasteiger partial charge is 0.207 e. The van der Waals surface area contributed by atoms with Gasteiger partial charge in [0.05, 0.1) is 23.8 Å². The molecule has 0 saturated heterocycles. The number of aromatic nitrogens is 6. The minimum Gasteiger partial charge on any atom is -0.220 e. The third kappa shape index (κ3) is 5.20. The summed E-state index contributed by atoms with van der Waals surface area (Å²) in [6, 6.07) is 0. The summed E-state index contributed by atoms with van der Waals surface area (Å²) in [6.45, 7) is 13.8. The first-order valence-corrected chi connectivity index (χ1v) is 7.34. The van der Waals surface area contributed by atoms with E-state index >= 15 is 0 Å². The van der Waals surface area contributed by atoms with Gasteiger partial charge >= 0.3 is 0 Å². The van der Waals surface area contributed by atoms with Crippen LogP contribution in [-0.2, 0) is 17.9 Å². The first kappa shape index (κ1) is 18.3. The Balaban J connectivity index is 0.000000224. The molecule has 6 nitrogen and oxygen atoms in total. The highest BCUT2D eigenvalue weighted by Gasteiger charge is 2.18. The molecule has 0 bridgehead atoms. The molecule has 0 aromatic carbocycles. The van der Waals surface area contributed by atoms with Crippen molar-refractivity contribution >= 4 is 0 Å². The molecule has 0 fully saturated rings. The van der Waals surface area contributed by atoms with Crippen LogP contribution >= 0.6 is 0 Å². The molecule has 0 spiro atoms. The van der Waals surface area contributed by atoms with Crippen molar-refractivity contribution in [1.82, 2.24) is 30.0 Å². The van der Waals surface area contributed by atoms with Crippen LogP contribution in [0.2, 0.25) is 0 Å². The summed E-state index contributed by atoms with van der Waals surface area (Å²) < 4.78 is 12.7. The van der Waals surface area contributed by atoms with Gasteiger partial charge in [0.15, 0.2) is 0 Å². The van der Waals surface area contributed by atoms with Crippen molar-refractivity contribution in [2.45, 2.75) is 65.6 Å².